The van der Waals surface area contributed by atoms with Gasteiger partial charge in [-0.3, -0.25) is 4.79 Å². The molecule has 3 aromatic rings. The molecular weight excluding hydrogens is 366 g/mol. The van der Waals surface area contributed by atoms with Crippen LogP contribution in [0.1, 0.15) is 44.1 Å². The summed E-state index contributed by atoms with van der Waals surface area (Å²) < 4.78 is 11.5. The van der Waals surface area contributed by atoms with Gasteiger partial charge in [0, 0.05) is 19.3 Å². The molecule has 0 radical (unpaired) electrons. The van der Waals surface area contributed by atoms with Gasteiger partial charge in [0.2, 0.25) is 5.91 Å². The maximum absolute atomic E-state index is 12.7. The zero-order chi connectivity index (χ0) is 20.2. The maximum Gasteiger partial charge on any atom is 0.220 e. The highest BCUT2D eigenvalue weighted by Crippen LogP contribution is 2.34. The third-order valence-electron chi connectivity index (χ3n) is 5.14. The van der Waals surface area contributed by atoms with E-state index in [1.54, 1.807) is 0 Å². The first-order chi connectivity index (χ1) is 14.1. The molecule has 6 nitrogen and oxygen atoms in total. The minimum atomic E-state index is -0.0877. The Kier molecular flexibility index (Phi) is 5.69. The Hall–Kier alpha value is -3.02. The van der Waals surface area contributed by atoms with Crippen LogP contribution in [0.5, 0.6) is 11.5 Å². The SMILES string of the molecule is CC(C)[C@@H](NC(=O)CCc1nc2ccccc2[nH]1)c1ccc2c(c1)OCCCO2. The molecule has 1 atom stereocenters. The van der Waals surface area contributed by atoms with Crippen LogP contribution in [-0.2, 0) is 11.2 Å². The molecule has 2 heterocycles. The molecule has 152 valence electrons. The number of hydrogen-bond donors (Lipinski definition) is 2. The standard InChI is InChI=1S/C23H27N3O3/c1-15(2)23(16-8-9-19-20(14-16)29-13-5-12-28-19)26-22(27)11-10-21-24-17-6-3-4-7-18(17)25-21/h3-4,6-9,14-15,23H,5,10-13H2,1-2H3,(H,24,25)(H,26,27)/t23-/m1/s1. The predicted octanol–water partition coefficient (Wildman–Crippen LogP) is 4.17. The minimum Gasteiger partial charge on any atom is -0.490 e. The Balaban J connectivity index is 1.42. The Morgan fingerprint density at radius 2 is 1.93 bits per heavy atom. The molecular formula is C23H27N3O3. The van der Waals surface area contributed by atoms with Gasteiger partial charge in [0.25, 0.3) is 0 Å². The second-order valence-corrected chi connectivity index (χ2v) is 7.75. The van der Waals surface area contributed by atoms with Gasteiger partial charge in [-0.25, -0.2) is 4.98 Å². The number of amides is 1. The molecule has 0 aliphatic carbocycles. The number of aromatic nitrogens is 2. The molecule has 0 spiro atoms. The molecule has 1 aromatic heterocycles. The summed E-state index contributed by atoms with van der Waals surface area (Å²) in [5.41, 5.74) is 2.95. The van der Waals surface area contributed by atoms with Crippen LogP contribution in [0.3, 0.4) is 0 Å². The molecule has 1 aliphatic rings. The van der Waals surface area contributed by atoms with Gasteiger partial charge in [0.15, 0.2) is 11.5 Å². The minimum absolute atomic E-state index is 0.0104. The molecule has 6 heteroatoms. The van der Waals surface area contributed by atoms with Gasteiger partial charge in [-0.15, -0.1) is 0 Å². The number of H-pyrrole nitrogens is 1. The molecule has 1 amide bonds. The van der Waals surface area contributed by atoms with Crippen molar-refractivity contribution >= 4 is 16.9 Å². The van der Waals surface area contributed by atoms with Gasteiger partial charge >= 0.3 is 0 Å². The fraction of sp³-hybridized carbons (Fsp3) is 0.391. The topological polar surface area (TPSA) is 76.2 Å². The molecule has 0 fully saturated rings. The highest BCUT2D eigenvalue weighted by Gasteiger charge is 2.21. The molecule has 0 saturated carbocycles. The average Bonchev–Trinajstić information content (AvgIpc) is 2.99. The van der Waals surface area contributed by atoms with Crippen LogP contribution in [-0.4, -0.2) is 29.1 Å². The number of ether oxygens (including phenoxy) is 2. The number of nitrogens with zero attached hydrogens (tertiary/aromatic N) is 1. The molecule has 2 N–H and O–H groups in total. The van der Waals surface area contributed by atoms with Gasteiger partial charge in [-0.2, -0.15) is 0 Å². The van der Waals surface area contributed by atoms with Crippen LogP contribution in [0.15, 0.2) is 42.5 Å². The van der Waals surface area contributed by atoms with E-state index < -0.39 is 0 Å². The quantitative estimate of drug-likeness (QED) is 0.659. The number of aryl methyl sites for hydroxylation is 1. The van der Waals surface area contributed by atoms with Crippen LogP contribution in [0, 0.1) is 5.92 Å². The first-order valence-electron chi connectivity index (χ1n) is 10.2. The normalized spacial score (nSPS) is 14.6. The largest absolute Gasteiger partial charge is 0.490 e. The van der Waals surface area contributed by atoms with E-state index in [9.17, 15) is 4.79 Å². The third-order valence-corrected chi connectivity index (χ3v) is 5.14. The average molecular weight is 393 g/mol. The van der Waals surface area contributed by atoms with Gasteiger partial charge in [-0.05, 0) is 35.7 Å². The monoisotopic (exact) mass is 393 g/mol. The lowest BCUT2D eigenvalue weighted by molar-refractivity contribution is -0.122. The second-order valence-electron chi connectivity index (χ2n) is 7.75. The van der Waals surface area contributed by atoms with E-state index in [-0.39, 0.29) is 17.9 Å². The Morgan fingerprint density at radius 1 is 1.14 bits per heavy atom. The summed E-state index contributed by atoms with van der Waals surface area (Å²) in [7, 11) is 0. The Morgan fingerprint density at radius 3 is 2.72 bits per heavy atom. The molecule has 0 unspecified atom stereocenters. The molecule has 1 aliphatic heterocycles. The van der Waals surface area contributed by atoms with Crippen molar-refractivity contribution < 1.29 is 14.3 Å². The fourth-order valence-corrected chi connectivity index (χ4v) is 3.61. The summed E-state index contributed by atoms with van der Waals surface area (Å²) in [5.74, 6) is 2.61. The summed E-state index contributed by atoms with van der Waals surface area (Å²) >= 11 is 0. The molecule has 0 bridgehead atoms. The summed E-state index contributed by atoms with van der Waals surface area (Å²) in [5, 5.41) is 3.18. The first kappa shape index (κ1) is 19.3. The van der Waals surface area contributed by atoms with E-state index in [2.05, 4.69) is 29.1 Å². The highest BCUT2D eigenvalue weighted by molar-refractivity contribution is 5.77. The number of imidazole rings is 1. The first-order valence-corrected chi connectivity index (χ1v) is 10.2. The molecule has 2 aromatic carbocycles. The number of rotatable bonds is 6. The molecule has 4 rings (SSSR count). The third kappa shape index (κ3) is 4.53. The van der Waals surface area contributed by atoms with Crippen LogP contribution < -0.4 is 14.8 Å². The Labute approximate surface area is 170 Å². The van der Waals surface area contributed by atoms with Crippen molar-refractivity contribution in [2.24, 2.45) is 5.92 Å². The number of carbonyl (C=O) groups is 1. The van der Waals surface area contributed by atoms with Crippen LogP contribution in [0.2, 0.25) is 0 Å². The van der Waals surface area contributed by atoms with Crippen LogP contribution >= 0.6 is 0 Å². The lowest BCUT2D eigenvalue weighted by Crippen LogP contribution is -2.32. The zero-order valence-corrected chi connectivity index (χ0v) is 16.9. The Bertz CT molecular complexity index is 963. The zero-order valence-electron chi connectivity index (χ0n) is 16.9. The van der Waals surface area contributed by atoms with Crippen molar-refractivity contribution in [1.29, 1.82) is 0 Å². The molecule has 0 saturated heterocycles. The highest BCUT2D eigenvalue weighted by atomic mass is 16.5. The summed E-state index contributed by atoms with van der Waals surface area (Å²) in [4.78, 5) is 20.5. The van der Waals surface area contributed by atoms with E-state index in [1.807, 2.05) is 42.5 Å². The smallest absolute Gasteiger partial charge is 0.220 e. The van der Waals surface area contributed by atoms with E-state index >= 15 is 0 Å². The number of hydrogen-bond acceptors (Lipinski definition) is 4. The van der Waals surface area contributed by atoms with Crippen LogP contribution in [0.4, 0.5) is 0 Å². The summed E-state index contributed by atoms with van der Waals surface area (Å²) in [6.07, 6.45) is 1.83. The van der Waals surface area contributed by atoms with Crippen molar-refractivity contribution in [2.45, 2.75) is 39.2 Å². The summed E-state index contributed by atoms with van der Waals surface area (Å²) in [6, 6.07) is 13.7. The maximum atomic E-state index is 12.7. The number of aromatic amines is 1. The lowest BCUT2D eigenvalue weighted by Gasteiger charge is -2.24. The van der Waals surface area contributed by atoms with Crippen molar-refractivity contribution in [3.05, 3.63) is 53.9 Å². The van der Waals surface area contributed by atoms with Gasteiger partial charge in [-0.1, -0.05) is 32.0 Å². The van der Waals surface area contributed by atoms with Crippen molar-refractivity contribution in [1.82, 2.24) is 15.3 Å². The summed E-state index contributed by atoms with van der Waals surface area (Å²) in [6.45, 7) is 5.52. The fourth-order valence-electron chi connectivity index (χ4n) is 3.61. The van der Waals surface area contributed by atoms with Crippen molar-refractivity contribution in [3.63, 3.8) is 0 Å². The van der Waals surface area contributed by atoms with Crippen molar-refractivity contribution in [2.75, 3.05) is 13.2 Å². The van der Waals surface area contributed by atoms with Gasteiger partial charge in [0.1, 0.15) is 5.82 Å². The lowest BCUT2D eigenvalue weighted by atomic mass is 9.95. The number of para-hydroxylation sites is 2. The van der Waals surface area contributed by atoms with Crippen molar-refractivity contribution in [3.8, 4) is 11.5 Å². The number of benzene rings is 2. The molecule has 29 heavy (non-hydrogen) atoms. The van der Waals surface area contributed by atoms with E-state index in [1.165, 1.54) is 0 Å². The van der Waals surface area contributed by atoms with Gasteiger partial charge < -0.3 is 19.8 Å². The predicted molar refractivity (Wildman–Crippen MR) is 112 cm³/mol. The van der Waals surface area contributed by atoms with Gasteiger partial charge in [0.05, 0.1) is 30.3 Å². The van der Waals surface area contributed by atoms with E-state index in [0.717, 1.165) is 40.3 Å². The van der Waals surface area contributed by atoms with Crippen LogP contribution in [0.25, 0.3) is 11.0 Å². The number of carbonyl (C=O) groups excluding carboxylic acids is 1. The number of fused-ring (bicyclic) bond motifs is 2. The second kappa shape index (κ2) is 8.55. The van der Waals surface area contributed by atoms with E-state index in [0.29, 0.717) is 26.1 Å². The number of nitrogens with one attached hydrogen (secondary N) is 2. The van der Waals surface area contributed by atoms with E-state index in [4.69, 9.17) is 9.47 Å².